The number of hydrogen-bond acceptors (Lipinski definition) is 3. The SMILES string of the molecule is CN=C(NCC1CCN(C(=O)OC(C)(C)C)CC1)NC(C)(C)C.I. The van der Waals surface area contributed by atoms with E-state index in [2.05, 4.69) is 36.4 Å². The molecule has 1 amide bonds. The zero-order valence-electron chi connectivity index (χ0n) is 16.2. The summed E-state index contributed by atoms with van der Waals surface area (Å²) in [5.41, 5.74) is -0.442. The summed E-state index contributed by atoms with van der Waals surface area (Å²) in [5.74, 6) is 1.37. The molecule has 2 N–H and O–H groups in total. The van der Waals surface area contributed by atoms with Gasteiger partial charge in [-0.3, -0.25) is 4.99 Å². The molecule has 1 fully saturated rings. The van der Waals surface area contributed by atoms with Crippen molar-refractivity contribution in [1.82, 2.24) is 15.5 Å². The van der Waals surface area contributed by atoms with Crippen LogP contribution >= 0.6 is 24.0 Å². The molecule has 1 rings (SSSR count). The molecular weight excluding hydrogens is 419 g/mol. The van der Waals surface area contributed by atoms with Crippen LogP contribution in [0.2, 0.25) is 0 Å². The molecule has 0 aromatic carbocycles. The number of aliphatic imine (C=N–C) groups is 1. The Morgan fingerprint density at radius 2 is 1.71 bits per heavy atom. The van der Waals surface area contributed by atoms with Crippen LogP contribution in [0.4, 0.5) is 4.79 Å². The molecule has 0 bridgehead atoms. The number of piperidine rings is 1. The van der Waals surface area contributed by atoms with E-state index in [4.69, 9.17) is 4.74 Å². The van der Waals surface area contributed by atoms with Gasteiger partial charge in [0, 0.05) is 32.2 Å². The highest BCUT2D eigenvalue weighted by Gasteiger charge is 2.27. The van der Waals surface area contributed by atoms with E-state index < -0.39 is 5.60 Å². The molecule has 0 radical (unpaired) electrons. The van der Waals surface area contributed by atoms with Crippen LogP contribution in [0.5, 0.6) is 0 Å². The Labute approximate surface area is 164 Å². The van der Waals surface area contributed by atoms with Gasteiger partial charge in [0.1, 0.15) is 5.60 Å². The van der Waals surface area contributed by atoms with Crippen molar-refractivity contribution in [2.24, 2.45) is 10.9 Å². The van der Waals surface area contributed by atoms with Crippen molar-refractivity contribution in [3.05, 3.63) is 0 Å². The normalized spacial score (nSPS) is 17.1. The zero-order chi connectivity index (χ0) is 17.7. The number of carbonyl (C=O) groups excluding carboxylic acids is 1. The highest BCUT2D eigenvalue weighted by Crippen LogP contribution is 2.19. The van der Waals surface area contributed by atoms with Crippen LogP contribution in [0, 0.1) is 5.92 Å². The number of amides is 1. The van der Waals surface area contributed by atoms with Gasteiger partial charge in [-0.15, -0.1) is 24.0 Å². The number of ether oxygens (including phenoxy) is 1. The summed E-state index contributed by atoms with van der Waals surface area (Å²) in [4.78, 5) is 18.1. The largest absolute Gasteiger partial charge is 0.444 e. The van der Waals surface area contributed by atoms with Gasteiger partial charge in [-0.1, -0.05) is 0 Å². The van der Waals surface area contributed by atoms with Gasteiger partial charge >= 0.3 is 6.09 Å². The van der Waals surface area contributed by atoms with Crippen LogP contribution in [0.3, 0.4) is 0 Å². The second-order valence-electron chi connectivity index (χ2n) is 8.24. The van der Waals surface area contributed by atoms with Crippen molar-refractivity contribution in [3.8, 4) is 0 Å². The number of nitrogens with one attached hydrogen (secondary N) is 2. The van der Waals surface area contributed by atoms with Crippen LogP contribution in [-0.2, 0) is 4.74 Å². The monoisotopic (exact) mass is 454 g/mol. The van der Waals surface area contributed by atoms with Gasteiger partial charge in [-0.2, -0.15) is 0 Å². The Hall–Kier alpha value is -0.730. The van der Waals surface area contributed by atoms with E-state index in [1.807, 2.05) is 25.7 Å². The summed E-state index contributed by atoms with van der Waals surface area (Å²) in [5, 5.41) is 6.73. The standard InChI is InChI=1S/C17H34N4O2.HI/c1-16(2,3)20-14(18-7)19-12-13-8-10-21(11-9-13)15(22)23-17(4,5)6;/h13H,8-12H2,1-7H3,(H2,18,19,20);1H. The van der Waals surface area contributed by atoms with E-state index in [9.17, 15) is 4.79 Å². The average molecular weight is 454 g/mol. The van der Waals surface area contributed by atoms with Gasteiger partial charge in [-0.05, 0) is 60.3 Å². The fraction of sp³-hybridized carbons (Fsp3) is 0.882. The number of rotatable bonds is 2. The molecule has 0 atom stereocenters. The van der Waals surface area contributed by atoms with Crippen molar-refractivity contribution in [2.75, 3.05) is 26.7 Å². The maximum absolute atomic E-state index is 12.0. The van der Waals surface area contributed by atoms with Crippen LogP contribution in [0.1, 0.15) is 54.4 Å². The topological polar surface area (TPSA) is 66.0 Å². The van der Waals surface area contributed by atoms with Crippen molar-refractivity contribution in [3.63, 3.8) is 0 Å². The summed E-state index contributed by atoms with van der Waals surface area (Å²) in [7, 11) is 1.78. The number of carbonyl (C=O) groups is 1. The first-order valence-electron chi connectivity index (χ1n) is 8.47. The molecule has 1 aliphatic heterocycles. The predicted molar refractivity (Wildman–Crippen MR) is 110 cm³/mol. The van der Waals surface area contributed by atoms with Crippen molar-refractivity contribution in [2.45, 2.75) is 65.5 Å². The second-order valence-corrected chi connectivity index (χ2v) is 8.24. The number of guanidine groups is 1. The van der Waals surface area contributed by atoms with Gasteiger partial charge in [-0.25, -0.2) is 4.79 Å². The minimum atomic E-state index is -0.430. The van der Waals surface area contributed by atoms with Crippen LogP contribution < -0.4 is 10.6 Å². The molecule has 1 heterocycles. The summed E-state index contributed by atoms with van der Waals surface area (Å²) in [6.45, 7) is 14.4. The lowest BCUT2D eigenvalue weighted by atomic mass is 9.97. The van der Waals surface area contributed by atoms with Crippen LogP contribution in [0.25, 0.3) is 0 Å². The van der Waals surface area contributed by atoms with Crippen molar-refractivity contribution >= 4 is 36.0 Å². The Kier molecular flexibility index (Phi) is 9.38. The first-order valence-corrected chi connectivity index (χ1v) is 8.47. The quantitative estimate of drug-likeness (QED) is 0.382. The lowest BCUT2D eigenvalue weighted by Gasteiger charge is -2.34. The molecule has 1 aliphatic rings. The Morgan fingerprint density at radius 3 is 2.12 bits per heavy atom. The first-order chi connectivity index (χ1) is 10.5. The lowest BCUT2D eigenvalue weighted by Crippen LogP contribution is -2.49. The zero-order valence-corrected chi connectivity index (χ0v) is 18.6. The molecule has 0 aromatic rings. The molecule has 1 saturated heterocycles. The summed E-state index contributed by atoms with van der Waals surface area (Å²) in [6.07, 6.45) is 1.77. The molecule has 0 spiro atoms. The lowest BCUT2D eigenvalue weighted by molar-refractivity contribution is 0.0185. The minimum absolute atomic E-state index is 0. The second kappa shape index (κ2) is 9.68. The molecule has 6 nitrogen and oxygen atoms in total. The summed E-state index contributed by atoms with van der Waals surface area (Å²) in [6, 6.07) is 0. The van der Waals surface area contributed by atoms with Gasteiger partial charge in [0.15, 0.2) is 5.96 Å². The smallest absolute Gasteiger partial charge is 0.410 e. The summed E-state index contributed by atoms with van der Waals surface area (Å²) >= 11 is 0. The maximum Gasteiger partial charge on any atom is 0.410 e. The predicted octanol–water partition coefficient (Wildman–Crippen LogP) is 3.22. The molecule has 142 valence electrons. The fourth-order valence-corrected chi connectivity index (χ4v) is 2.42. The minimum Gasteiger partial charge on any atom is -0.444 e. The van der Waals surface area contributed by atoms with Gasteiger partial charge in [0.05, 0.1) is 0 Å². The highest BCUT2D eigenvalue weighted by molar-refractivity contribution is 14.0. The highest BCUT2D eigenvalue weighted by atomic mass is 127. The molecule has 0 aliphatic carbocycles. The van der Waals surface area contributed by atoms with Crippen LogP contribution in [-0.4, -0.2) is 54.8 Å². The van der Waals surface area contributed by atoms with E-state index >= 15 is 0 Å². The van der Waals surface area contributed by atoms with Gasteiger partial charge in [0.2, 0.25) is 0 Å². The Bertz CT molecular complexity index is 419. The van der Waals surface area contributed by atoms with E-state index in [1.54, 1.807) is 7.05 Å². The fourth-order valence-electron chi connectivity index (χ4n) is 2.42. The molecule has 0 saturated carbocycles. The van der Waals surface area contributed by atoms with Crippen molar-refractivity contribution in [1.29, 1.82) is 0 Å². The third-order valence-electron chi connectivity index (χ3n) is 3.54. The van der Waals surface area contributed by atoms with Gasteiger partial charge in [0.25, 0.3) is 0 Å². The molecule has 0 aromatic heterocycles. The average Bonchev–Trinajstić information content (AvgIpc) is 2.41. The number of hydrogen-bond donors (Lipinski definition) is 2. The number of likely N-dealkylation sites (tertiary alicyclic amines) is 1. The van der Waals surface area contributed by atoms with E-state index in [0.29, 0.717) is 5.92 Å². The number of halogens is 1. The van der Waals surface area contributed by atoms with Crippen molar-refractivity contribution < 1.29 is 9.53 Å². The van der Waals surface area contributed by atoms with Crippen LogP contribution in [0.15, 0.2) is 4.99 Å². The van der Waals surface area contributed by atoms with E-state index in [1.165, 1.54) is 0 Å². The molecule has 7 heteroatoms. The maximum atomic E-state index is 12.0. The van der Waals surface area contributed by atoms with E-state index in [-0.39, 0.29) is 35.6 Å². The Balaban J connectivity index is 0.00000529. The third kappa shape index (κ3) is 9.54. The third-order valence-corrected chi connectivity index (χ3v) is 3.54. The molecule has 24 heavy (non-hydrogen) atoms. The molecule has 0 unspecified atom stereocenters. The number of nitrogens with zero attached hydrogens (tertiary/aromatic N) is 2. The first kappa shape index (κ1) is 23.3. The van der Waals surface area contributed by atoms with Gasteiger partial charge < -0.3 is 20.3 Å². The Morgan fingerprint density at radius 1 is 1.17 bits per heavy atom. The molecular formula is C17H35IN4O2. The van der Waals surface area contributed by atoms with E-state index in [0.717, 1.165) is 38.4 Å². The summed E-state index contributed by atoms with van der Waals surface area (Å²) < 4.78 is 5.43.